The Kier molecular flexibility index (Phi) is 6.43. The van der Waals surface area contributed by atoms with Gasteiger partial charge in [-0.15, -0.1) is 0 Å². The fourth-order valence-electron chi connectivity index (χ4n) is 2.87. The molecule has 1 amide bonds. The molecule has 33 heavy (non-hydrogen) atoms. The molecule has 3 aromatic rings. The largest absolute Gasteiger partial charge is 0.430 e. The minimum atomic E-state index is -4.77. The number of pyridine rings is 1. The van der Waals surface area contributed by atoms with Crippen molar-refractivity contribution in [2.24, 2.45) is 10.7 Å². The van der Waals surface area contributed by atoms with Crippen molar-refractivity contribution in [3.63, 3.8) is 0 Å². The van der Waals surface area contributed by atoms with Crippen LogP contribution in [0.25, 0.3) is 22.0 Å². The van der Waals surface area contributed by atoms with E-state index in [0.717, 1.165) is 12.1 Å². The molecular weight excluding hydrogens is 450 g/mol. The van der Waals surface area contributed by atoms with Crippen molar-refractivity contribution in [1.82, 2.24) is 10.3 Å². The lowest BCUT2D eigenvalue weighted by Gasteiger charge is -2.10. The van der Waals surface area contributed by atoms with Crippen LogP contribution in [0.3, 0.4) is 0 Å². The molecule has 2 aromatic carbocycles. The highest BCUT2D eigenvalue weighted by Crippen LogP contribution is 2.32. The summed E-state index contributed by atoms with van der Waals surface area (Å²) in [5.74, 6) is -1.13. The van der Waals surface area contributed by atoms with E-state index in [0.29, 0.717) is 28.1 Å². The Balaban J connectivity index is 1.86. The molecule has 11 heteroatoms. The number of benzene rings is 2. The summed E-state index contributed by atoms with van der Waals surface area (Å²) in [5.41, 5.74) is 3.93. The van der Waals surface area contributed by atoms with Crippen LogP contribution in [0.15, 0.2) is 71.5 Å². The second kappa shape index (κ2) is 8.93. The zero-order valence-electron chi connectivity index (χ0n) is 16.9. The Hall–Kier alpha value is -3.89. The summed E-state index contributed by atoms with van der Waals surface area (Å²) in [5, 5.41) is 2.78. The van der Waals surface area contributed by atoms with Crippen molar-refractivity contribution in [2.45, 2.75) is 12.4 Å². The third-order valence-corrected chi connectivity index (χ3v) is 4.57. The van der Waals surface area contributed by atoms with Gasteiger partial charge in [-0.3, -0.25) is 14.8 Å². The molecule has 0 bridgehead atoms. The van der Waals surface area contributed by atoms with Gasteiger partial charge in [0, 0.05) is 35.8 Å². The second-order valence-corrected chi connectivity index (χ2v) is 6.87. The third kappa shape index (κ3) is 5.68. The average Bonchev–Trinajstić information content (AvgIpc) is 2.76. The van der Waals surface area contributed by atoms with Crippen molar-refractivity contribution in [2.75, 3.05) is 7.05 Å². The van der Waals surface area contributed by atoms with E-state index < -0.39 is 29.5 Å². The Morgan fingerprint density at radius 2 is 1.76 bits per heavy atom. The molecule has 1 heterocycles. The van der Waals surface area contributed by atoms with E-state index in [1.807, 2.05) is 0 Å². The fourth-order valence-corrected chi connectivity index (χ4v) is 2.87. The van der Waals surface area contributed by atoms with Gasteiger partial charge >= 0.3 is 12.4 Å². The summed E-state index contributed by atoms with van der Waals surface area (Å²) >= 11 is 0. The molecule has 0 saturated heterocycles. The van der Waals surface area contributed by atoms with E-state index in [9.17, 15) is 31.1 Å². The number of rotatable bonds is 3. The van der Waals surface area contributed by atoms with Crippen molar-refractivity contribution >= 4 is 22.6 Å². The number of carbonyl (C=O) groups excluding carboxylic acids is 1. The Morgan fingerprint density at radius 1 is 1.03 bits per heavy atom. The van der Waals surface area contributed by atoms with Crippen LogP contribution >= 0.6 is 0 Å². The van der Waals surface area contributed by atoms with E-state index in [2.05, 4.69) is 15.3 Å². The molecule has 0 fully saturated rings. The number of nitrogens with two attached hydrogens (primary N) is 1. The van der Waals surface area contributed by atoms with Crippen LogP contribution in [0.1, 0.15) is 15.9 Å². The molecule has 0 radical (unpaired) electrons. The monoisotopic (exact) mass is 466 g/mol. The molecule has 172 valence electrons. The van der Waals surface area contributed by atoms with Gasteiger partial charge in [0.2, 0.25) is 0 Å². The normalized spacial score (nSPS) is 13.3. The van der Waals surface area contributed by atoms with Crippen LogP contribution in [0.5, 0.6) is 0 Å². The minimum Gasteiger partial charge on any atom is -0.395 e. The number of alkyl halides is 6. The van der Waals surface area contributed by atoms with Crippen LogP contribution in [-0.4, -0.2) is 30.0 Å². The summed E-state index contributed by atoms with van der Waals surface area (Å²) in [4.78, 5) is 20.2. The number of halogens is 6. The topological polar surface area (TPSA) is 80.4 Å². The van der Waals surface area contributed by atoms with E-state index >= 15 is 0 Å². The summed E-state index contributed by atoms with van der Waals surface area (Å²) in [6.07, 6.45) is -7.39. The maximum atomic E-state index is 13.0. The van der Waals surface area contributed by atoms with Gasteiger partial charge in [-0.25, -0.2) is 0 Å². The maximum Gasteiger partial charge on any atom is 0.430 e. The standard InChI is InChI=1S/C22H16F6N4O/c1-30-19(10-18(29)22(26,27)28)32-20(33)14-6-5-13-7-15(11-31-17(13)9-14)12-3-2-4-16(8-12)21(23,24)25/h2-11H,29H2,1H3,(H,30,32,33). The zero-order chi connectivity index (χ0) is 24.4. The first-order valence-corrected chi connectivity index (χ1v) is 9.28. The molecule has 1 aromatic heterocycles. The van der Waals surface area contributed by atoms with E-state index in [1.165, 1.54) is 43.6 Å². The number of hydrogen-bond donors (Lipinski definition) is 2. The van der Waals surface area contributed by atoms with Crippen molar-refractivity contribution in [3.05, 3.63) is 77.6 Å². The minimum absolute atomic E-state index is 0.0851. The lowest BCUT2D eigenvalue weighted by molar-refractivity contribution is -0.137. The van der Waals surface area contributed by atoms with Gasteiger partial charge in [-0.1, -0.05) is 18.2 Å². The van der Waals surface area contributed by atoms with Gasteiger partial charge in [-0.05, 0) is 35.9 Å². The van der Waals surface area contributed by atoms with Gasteiger partial charge in [0.25, 0.3) is 5.91 Å². The maximum absolute atomic E-state index is 13.0. The highest BCUT2D eigenvalue weighted by molar-refractivity contribution is 6.11. The summed E-state index contributed by atoms with van der Waals surface area (Å²) in [7, 11) is 1.19. The number of hydrogen-bond acceptors (Lipinski definition) is 4. The van der Waals surface area contributed by atoms with Gasteiger partial charge in [-0.2, -0.15) is 26.3 Å². The quantitative estimate of drug-likeness (QED) is 0.321. The first kappa shape index (κ1) is 23.8. The zero-order valence-corrected chi connectivity index (χ0v) is 16.9. The van der Waals surface area contributed by atoms with Crippen molar-refractivity contribution < 1.29 is 31.1 Å². The fraction of sp³-hybridized carbons (Fsp3) is 0.136. The smallest absolute Gasteiger partial charge is 0.395 e. The molecule has 0 aliphatic rings. The first-order chi connectivity index (χ1) is 15.4. The van der Waals surface area contributed by atoms with Crippen molar-refractivity contribution in [1.29, 1.82) is 0 Å². The number of fused-ring (bicyclic) bond motifs is 1. The van der Waals surface area contributed by atoms with Gasteiger partial charge in [0.1, 0.15) is 11.5 Å². The number of amides is 1. The molecular formula is C22H16F6N4O. The summed E-state index contributed by atoms with van der Waals surface area (Å²) in [6.45, 7) is 0. The second-order valence-electron chi connectivity index (χ2n) is 6.87. The van der Waals surface area contributed by atoms with E-state index in [1.54, 1.807) is 6.07 Å². The Bertz CT molecular complexity index is 1260. The highest BCUT2D eigenvalue weighted by atomic mass is 19.4. The number of nitrogens with zero attached hydrogens (tertiary/aromatic N) is 2. The molecule has 0 spiro atoms. The van der Waals surface area contributed by atoms with Crippen LogP contribution < -0.4 is 11.1 Å². The lowest BCUT2D eigenvalue weighted by atomic mass is 10.0. The van der Waals surface area contributed by atoms with Gasteiger partial charge in [0.05, 0.1) is 11.1 Å². The van der Waals surface area contributed by atoms with E-state index in [4.69, 9.17) is 5.73 Å². The predicted octanol–water partition coefficient (Wildman–Crippen LogP) is 5.08. The number of nitrogens with one attached hydrogen (secondary N) is 1. The molecule has 0 unspecified atom stereocenters. The Morgan fingerprint density at radius 3 is 2.39 bits per heavy atom. The number of carbonyl (C=O) groups is 1. The average molecular weight is 466 g/mol. The highest BCUT2D eigenvalue weighted by Gasteiger charge is 2.32. The molecule has 3 rings (SSSR count). The Labute approximate surface area is 183 Å². The third-order valence-electron chi connectivity index (χ3n) is 4.57. The van der Waals surface area contributed by atoms with Crippen LogP contribution in [0.2, 0.25) is 0 Å². The number of aromatic nitrogens is 1. The number of aliphatic imine (C=N–C) groups is 1. The summed E-state index contributed by atoms with van der Waals surface area (Å²) in [6, 6.07) is 10.7. The predicted molar refractivity (Wildman–Crippen MR) is 111 cm³/mol. The molecule has 0 aliphatic carbocycles. The van der Waals surface area contributed by atoms with Crippen LogP contribution in [0.4, 0.5) is 26.3 Å². The van der Waals surface area contributed by atoms with Gasteiger partial charge < -0.3 is 11.1 Å². The first-order valence-electron chi connectivity index (χ1n) is 9.28. The number of amidine groups is 1. The van der Waals surface area contributed by atoms with Crippen LogP contribution in [-0.2, 0) is 6.18 Å². The van der Waals surface area contributed by atoms with Crippen LogP contribution in [0, 0.1) is 0 Å². The van der Waals surface area contributed by atoms with Gasteiger partial charge in [0.15, 0.2) is 0 Å². The lowest BCUT2D eigenvalue weighted by Crippen LogP contribution is -2.31. The number of allylic oxidation sites excluding steroid dienone is 1. The molecule has 0 saturated carbocycles. The van der Waals surface area contributed by atoms with Crippen molar-refractivity contribution in [3.8, 4) is 11.1 Å². The molecule has 0 aliphatic heterocycles. The molecule has 5 nitrogen and oxygen atoms in total. The SMILES string of the molecule is CN=C(C=C(N)C(F)(F)F)NC(=O)c1ccc2cc(-c3cccc(C(F)(F)F)c3)cnc2c1. The van der Waals surface area contributed by atoms with E-state index in [-0.39, 0.29) is 11.4 Å². The molecule has 0 atom stereocenters. The summed E-state index contributed by atoms with van der Waals surface area (Å²) < 4.78 is 76.7. The molecule has 3 N–H and O–H groups in total.